The van der Waals surface area contributed by atoms with Gasteiger partial charge in [0.1, 0.15) is 48.8 Å². The van der Waals surface area contributed by atoms with Crippen LogP contribution in [-0.2, 0) is 140 Å². The van der Waals surface area contributed by atoms with Crippen molar-refractivity contribution in [1.82, 2.24) is 0 Å². The maximum absolute atomic E-state index is 12.3. The van der Waals surface area contributed by atoms with Crippen LogP contribution in [0.4, 0.5) is 0 Å². The number of hydrogen-bond donors (Lipinski definition) is 2. The molecular formula is C32H51Na7O38S7. The van der Waals surface area contributed by atoms with Crippen LogP contribution in [0.25, 0.3) is 0 Å². The van der Waals surface area contributed by atoms with E-state index in [1.165, 1.54) is 0 Å². The maximum atomic E-state index is 12.3. The van der Waals surface area contributed by atoms with E-state index in [4.69, 9.17) is 37.9 Å². The summed E-state index contributed by atoms with van der Waals surface area (Å²) in [6, 6.07) is 0. The van der Waals surface area contributed by atoms with Crippen molar-refractivity contribution in [2.24, 2.45) is 0 Å². The smallest absolute Gasteiger partial charge is 0.726 e. The number of unbranched alkanes of at least 4 members (excludes halogenated alkanes) is 5. The molecule has 0 unspecified atom stereocenters. The Morgan fingerprint density at radius 2 is 0.560 bits per heavy atom. The predicted molar refractivity (Wildman–Crippen MR) is 225 cm³/mol. The van der Waals surface area contributed by atoms with Crippen LogP contribution in [-0.4, -0.2) is 230 Å². The van der Waals surface area contributed by atoms with Gasteiger partial charge in [-0.05, 0) is 34.1 Å². The molecule has 0 aromatic heterocycles. The first-order valence-electron chi connectivity index (χ1n) is 22.0. The summed E-state index contributed by atoms with van der Waals surface area (Å²) in [5, 5.41) is 21.9. The molecule has 4 aliphatic heterocycles. The SMILES string of the molecule is CCCCCCCCO[C@H]1O[C@@H](C)[C@@H](O[C@@H]2O[C@@H](C)[C@@H](O)[C@@H](O[C@@H]3O[C@@H](C)[C@@H](O[C@@H]4O[C@@H](C)[C@@H](O)[C@@H](OS(=O)(=O)[O-])[C@@H]4OS(=O)(=O)[O-])[C@@H](OS(=O)(=O)[O-])[C@@H]3OS(=O)(=O)[O-])[C@@H]2OS(=O)(=O)[O-])[C@@H](OS(=O)(=O)[O-])[C@@H]1OS(=O)(=O)[O-].[Na+].[Na+].[Na+].[Na+].[Na+].[Na+].[Na+]. The fourth-order valence-corrected chi connectivity index (χ4v) is 11.5. The normalized spacial score (nSPS) is 34.3. The summed E-state index contributed by atoms with van der Waals surface area (Å²) in [7, 11) is -43.0. The summed E-state index contributed by atoms with van der Waals surface area (Å²) in [4.78, 5) is 0. The molecule has 0 amide bonds. The summed E-state index contributed by atoms with van der Waals surface area (Å²) in [6.07, 6.45) is -47.0. The van der Waals surface area contributed by atoms with Crippen LogP contribution in [0.5, 0.6) is 0 Å². The molecule has 84 heavy (non-hydrogen) atoms. The minimum atomic E-state index is -6.35. The van der Waals surface area contributed by atoms with E-state index in [1.54, 1.807) is 0 Å². The third kappa shape index (κ3) is 32.8. The predicted octanol–water partition coefficient (Wildman–Crippen LogP) is -26.8. The van der Waals surface area contributed by atoms with Gasteiger partial charge in [-0.25, -0.2) is 58.9 Å². The Morgan fingerprint density at radius 3 is 0.905 bits per heavy atom. The molecule has 20 atom stereocenters. The Hall–Kier alpha value is 5.69. The van der Waals surface area contributed by atoms with E-state index in [1.807, 2.05) is 6.92 Å². The van der Waals surface area contributed by atoms with Crippen LogP contribution in [0.1, 0.15) is 73.1 Å². The van der Waals surface area contributed by atoms with Crippen molar-refractivity contribution in [1.29, 1.82) is 0 Å². The molecule has 4 heterocycles. The zero-order chi connectivity index (χ0) is 58.6. The van der Waals surface area contributed by atoms with Crippen LogP contribution in [0, 0.1) is 0 Å². The Morgan fingerprint density at radius 1 is 0.321 bits per heavy atom. The molecule has 4 aliphatic rings. The number of aliphatic hydroxyl groups excluding tert-OH is 2. The van der Waals surface area contributed by atoms with Gasteiger partial charge in [0.15, 0.2) is 49.6 Å². The van der Waals surface area contributed by atoms with Crippen LogP contribution in [0.3, 0.4) is 0 Å². The molecule has 4 fully saturated rings. The average molecular weight is 1430 g/mol. The quantitative estimate of drug-likeness (QED) is 0.0318. The topological polar surface area (TPSA) is 579 Å². The molecule has 0 radical (unpaired) electrons. The first-order valence-corrected chi connectivity index (χ1v) is 31.3. The van der Waals surface area contributed by atoms with Crippen LogP contribution >= 0.6 is 0 Å². The molecular weight excluding hydrogens is 1380 g/mol. The number of aliphatic hydroxyl groups is 2. The number of hydrogen-bond acceptors (Lipinski definition) is 38. The summed E-state index contributed by atoms with van der Waals surface area (Å²) in [5.41, 5.74) is 0. The third-order valence-corrected chi connectivity index (χ3v) is 14.4. The molecule has 0 spiro atoms. The average Bonchev–Trinajstić information content (AvgIpc) is 3.22. The second kappa shape index (κ2) is 40.5. The largest absolute Gasteiger partial charge is 1.00 e. The van der Waals surface area contributed by atoms with Gasteiger partial charge in [0.25, 0.3) is 0 Å². The van der Waals surface area contributed by atoms with Crippen molar-refractivity contribution < 1.29 is 375 Å². The van der Waals surface area contributed by atoms with Crippen molar-refractivity contribution >= 4 is 72.8 Å². The second-order valence-corrected chi connectivity index (χ2v) is 24.1. The van der Waals surface area contributed by atoms with E-state index in [9.17, 15) is 101 Å². The van der Waals surface area contributed by atoms with E-state index in [2.05, 4.69) is 29.3 Å². The molecule has 0 saturated carbocycles. The Kier molecular flexibility index (Phi) is 46.4. The molecule has 0 bridgehead atoms. The van der Waals surface area contributed by atoms with Crippen molar-refractivity contribution in [2.75, 3.05) is 6.61 Å². The van der Waals surface area contributed by atoms with Crippen molar-refractivity contribution in [3.63, 3.8) is 0 Å². The van der Waals surface area contributed by atoms with Gasteiger partial charge in [0, 0.05) is 6.61 Å². The van der Waals surface area contributed by atoms with Gasteiger partial charge in [0.05, 0.1) is 24.4 Å². The standard InChI is InChI=1S/C32H58O38S7.7Na/c1-6-7-8-9-10-11-12-56-29-27(69-76(50,51)52)23(65-72(38,39)40)19(15(4)59-29)61-30-25(67-74(44,45)46)21(17(33)13(2)57-30)63-32-28(70-77(53,54)55)24(66-73(41,42)43)20(16(5)60-32)62-31-26(68-75(47,48)49)22(64-71(35,36)37)18(34)14(3)58-31;;;;;;;/h13-34H,6-12H2,1-5H3,(H,35,36,37)(H,38,39,40)(H,41,42,43)(H,44,45,46)(H,47,48,49)(H,50,51,52)(H,53,54,55);;;;;;;/q;7*+1/p-7/t13-,14-,15-,16-,17+,18+,19+,20+,21+,22+,23+,24+,25-,26-,27-,28-,29-,30-,31-,32-;;;;;;;/m0......./s1. The Balaban J connectivity index is -0.00000457. The molecule has 456 valence electrons. The maximum Gasteiger partial charge on any atom is 1.00 e. The van der Waals surface area contributed by atoms with Crippen molar-refractivity contribution in [3.8, 4) is 0 Å². The van der Waals surface area contributed by atoms with Crippen molar-refractivity contribution in [2.45, 2.75) is 196 Å². The fourth-order valence-electron chi connectivity index (χ4n) is 8.15. The summed E-state index contributed by atoms with van der Waals surface area (Å²) < 4.78 is 328. The molecule has 4 rings (SSSR count). The molecule has 52 heteroatoms. The zero-order valence-electron chi connectivity index (χ0n) is 46.9. The first kappa shape index (κ1) is 96.1. The fraction of sp³-hybridized carbons (Fsp3) is 1.00. The summed E-state index contributed by atoms with van der Waals surface area (Å²) in [6.45, 7) is 5.17. The number of rotatable bonds is 28. The molecule has 0 aliphatic carbocycles. The minimum Gasteiger partial charge on any atom is -0.726 e. The van der Waals surface area contributed by atoms with Gasteiger partial charge >= 0.3 is 207 Å². The molecule has 2 N–H and O–H groups in total. The Bertz CT molecular complexity index is 2780. The van der Waals surface area contributed by atoms with Gasteiger partial charge in [-0.3, -0.25) is 29.3 Å². The summed E-state index contributed by atoms with van der Waals surface area (Å²) in [5.74, 6) is 0. The van der Waals surface area contributed by atoms with Gasteiger partial charge in [-0.1, -0.05) is 39.0 Å². The number of ether oxygens (including phenoxy) is 8. The van der Waals surface area contributed by atoms with Crippen LogP contribution < -0.4 is 207 Å². The monoisotopic (exact) mass is 1430 g/mol. The summed E-state index contributed by atoms with van der Waals surface area (Å²) >= 11 is 0. The van der Waals surface area contributed by atoms with Crippen LogP contribution in [0.15, 0.2) is 0 Å². The van der Waals surface area contributed by atoms with E-state index in [-0.39, 0.29) is 220 Å². The van der Waals surface area contributed by atoms with Crippen molar-refractivity contribution in [3.05, 3.63) is 0 Å². The van der Waals surface area contributed by atoms with E-state index >= 15 is 0 Å². The van der Waals surface area contributed by atoms with Crippen LogP contribution in [0.2, 0.25) is 0 Å². The molecule has 38 nitrogen and oxygen atoms in total. The van der Waals surface area contributed by atoms with Gasteiger partial charge in [0.2, 0.25) is 72.8 Å². The minimum absolute atomic E-state index is 0. The molecule has 0 aromatic rings. The van der Waals surface area contributed by atoms with E-state index in [0.29, 0.717) is 12.8 Å². The first-order chi connectivity index (χ1) is 35.0. The van der Waals surface area contributed by atoms with E-state index in [0.717, 1.165) is 47.0 Å². The Labute approximate surface area is 640 Å². The second-order valence-electron chi connectivity index (χ2n) is 17.0. The van der Waals surface area contributed by atoms with Gasteiger partial charge in [-0.15, -0.1) is 0 Å². The third-order valence-electron chi connectivity index (χ3n) is 11.2. The van der Waals surface area contributed by atoms with Gasteiger partial charge in [-0.2, -0.15) is 0 Å². The van der Waals surface area contributed by atoms with E-state index < -0.39 is 196 Å². The zero-order valence-corrected chi connectivity index (χ0v) is 66.7. The molecule has 0 aromatic carbocycles. The van der Waals surface area contributed by atoms with Gasteiger partial charge < -0.3 is 80.0 Å². The molecule has 4 saturated heterocycles.